The second kappa shape index (κ2) is 10.3. The van der Waals surface area contributed by atoms with Gasteiger partial charge in [-0.05, 0) is 81.9 Å². The molecule has 1 aromatic heterocycles. The number of ether oxygens (including phenoxy) is 1. The van der Waals surface area contributed by atoms with Crippen LogP contribution in [0.5, 0.6) is 17.2 Å². The molecule has 4 rings (SSSR count). The van der Waals surface area contributed by atoms with Gasteiger partial charge in [-0.25, -0.2) is 4.79 Å². The topological polar surface area (TPSA) is 97.0 Å². The highest BCUT2D eigenvalue weighted by molar-refractivity contribution is 14.1. The molecule has 0 radical (unpaired) electrons. The Bertz CT molecular complexity index is 1370. The minimum atomic E-state index is -0.613. The third-order valence-electron chi connectivity index (χ3n) is 5.32. The van der Waals surface area contributed by atoms with Crippen LogP contribution in [0.3, 0.4) is 0 Å². The number of fused-ring (bicyclic) bond motifs is 1. The Morgan fingerprint density at radius 1 is 0.971 bits per heavy atom. The van der Waals surface area contributed by atoms with E-state index in [1.54, 1.807) is 42.5 Å². The van der Waals surface area contributed by atoms with Gasteiger partial charge in [0.1, 0.15) is 17.1 Å². The first-order valence-corrected chi connectivity index (χ1v) is 12.7. The maximum atomic E-state index is 13.6. The number of rotatable bonds is 7. The zero-order chi connectivity index (χ0) is 24.4. The monoisotopic (exact) mass is 682 g/mol. The van der Waals surface area contributed by atoms with Crippen LogP contribution in [0.1, 0.15) is 51.8 Å². The molecule has 0 spiro atoms. The molecule has 0 unspecified atom stereocenters. The van der Waals surface area contributed by atoms with Gasteiger partial charge in [0.05, 0.1) is 18.3 Å². The van der Waals surface area contributed by atoms with Gasteiger partial charge in [-0.1, -0.05) is 31.5 Å². The molecule has 6 nitrogen and oxygen atoms in total. The van der Waals surface area contributed by atoms with Crippen LogP contribution < -0.4 is 4.74 Å². The number of phenols is 2. The molecule has 0 amide bonds. The molecule has 0 aliphatic rings. The number of hydrogen-bond donors (Lipinski definition) is 2. The molecule has 1 heterocycles. The normalized spacial score (nSPS) is 11.0. The summed E-state index contributed by atoms with van der Waals surface area (Å²) in [5.74, 6) is -0.575. The number of aryl methyl sites for hydroxylation is 1. The predicted octanol–water partition coefficient (Wildman–Crippen LogP) is 6.85. The molecule has 0 aliphatic heterocycles. The summed E-state index contributed by atoms with van der Waals surface area (Å²) >= 11 is 3.97. The molecule has 2 N–H and O–H groups in total. The fourth-order valence-electron chi connectivity index (χ4n) is 3.58. The molecule has 34 heavy (non-hydrogen) atoms. The highest BCUT2D eigenvalue weighted by atomic mass is 127. The average Bonchev–Trinajstić information content (AvgIpc) is 3.17. The van der Waals surface area contributed by atoms with E-state index in [1.807, 2.05) is 52.1 Å². The first kappa shape index (κ1) is 24.5. The molecular formula is C26H20I2O6. The minimum Gasteiger partial charge on any atom is -0.506 e. The summed E-state index contributed by atoms with van der Waals surface area (Å²) in [7, 11) is 0. The molecule has 0 saturated heterocycles. The summed E-state index contributed by atoms with van der Waals surface area (Å²) in [5.41, 5.74) is 1.45. The number of aromatic hydroxyl groups is 2. The first-order chi connectivity index (χ1) is 16.3. The maximum absolute atomic E-state index is 13.6. The molecule has 0 saturated carbocycles. The summed E-state index contributed by atoms with van der Waals surface area (Å²) in [6.07, 6.45) is 2.26. The Morgan fingerprint density at radius 3 is 2.29 bits per heavy atom. The van der Waals surface area contributed by atoms with Crippen molar-refractivity contribution >= 4 is 67.9 Å². The Morgan fingerprint density at radius 2 is 1.65 bits per heavy atom. The largest absolute Gasteiger partial charge is 0.506 e. The molecule has 0 fully saturated rings. The van der Waals surface area contributed by atoms with Crippen LogP contribution in [0.25, 0.3) is 11.0 Å². The van der Waals surface area contributed by atoms with Crippen LogP contribution in [0.4, 0.5) is 0 Å². The van der Waals surface area contributed by atoms with Crippen LogP contribution in [0, 0.1) is 7.14 Å². The number of benzene rings is 3. The lowest BCUT2D eigenvalue weighted by Crippen LogP contribution is -2.08. The number of carbonyl (C=O) groups is 2. The van der Waals surface area contributed by atoms with Crippen LogP contribution in [0.15, 0.2) is 59.0 Å². The summed E-state index contributed by atoms with van der Waals surface area (Å²) in [6, 6.07) is 14.5. The highest BCUT2D eigenvalue weighted by Gasteiger charge is 2.25. The number of hydrogen-bond acceptors (Lipinski definition) is 6. The third kappa shape index (κ3) is 4.92. The van der Waals surface area contributed by atoms with E-state index in [4.69, 9.17) is 9.15 Å². The van der Waals surface area contributed by atoms with Gasteiger partial charge >= 0.3 is 5.97 Å². The second-order valence-electron chi connectivity index (χ2n) is 7.69. The standard InChI is InChI=1S/C26H20I2O6/c1-2-3-9-20-23(24(30)15-10-17(27)25(31)18(28)11-15)16-12-19(29)22(13-21(16)33-20)34-26(32)14-7-5-4-6-8-14/h4-8,10-13,29,31H,2-3,9H2,1H3. The predicted molar refractivity (Wildman–Crippen MR) is 145 cm³/mol. The molecule has 174 valence electrons. The lowest BCUT2D eigenvalue weighted by molar-refractivity contribution is 0.0729. The summed E-state index contributed by atoms with van der Waals surface area (Å²) in [4.78, 5) is 26.0. The molecular weight excluding hydrogens is 662 g/mol. The fourth-order valence-corrected chi connectivity index (χ4v) is 5.35. The van der Waals surface area contributed by atoms with Gasteiger partial charge in [0, 0.05) is 23.4 Å². The van der Waals surface area contributed by atoms with Gasteiger partial charge < -0.3 is 19.4 Å². The maximum Gasteiger partial charge on any atom is 0.343 e. The molecule has 0 bridgehead atoms. The van der Waals surface area contributed by atoms with Crippen molar-refractivity contribution in [1.29, 1.82) is 0 Å². The van der Waals surface area contributed by atoms with Crippen molar-refractivity contribution in [2.45, 2.75) is 26.2 Å². The van der Waals surface area contributed by atoms with Crippen molar-refractivity contribution in [1.82, 2.24) is 0 Å². The zero-order valence-electron chi connectivity index (χ0n) is 18.1. The average molecular weight is 682 g/mol. The van der Waals surface area contributed by atoms with Crippen LogP contribution in [-0.2, 0) is 6.42 Å². The van der Waals surface area contributed by atoms with Crippen molar-refractivity contribution in [3.8, 4) is 17.2 Å². The number of halogens is 2. The van der Waals surface area contributed by atoms with Gasteiger partial charge in [-0.15, -0.1) is 0 Å². The number of carbonyl (C=O) groups excluding carboxylic acids is 2. The van der Waals surface area contributed by atoms with Gasteiger partial charge in [0.25, 0.3) is 0 Å². The van der Waals surface area contributed by atoms with E-state index in [2.05, 4.69) is 0 Å². The molecule has 0 atom stereocenters. The van der Waals surface area contributed by atoms with E-state index >= 15 is 0 Å². The summed E-state index contributed by atoms with van der Waals surface area (Å²) in [6.45, 7) is 2.04. The first-order valence-electron chi connectivity index (χ1n) is 10.6. The van der Waals surface area contributed by atoms with Crippen molar-refractivity contribution in [3.05, 3.63) is 84.2 Å². The quantitative estimate of drug-likeness (QED) is 0.0959. The van der Waals surface area contributed by atoms with E-state index in [0.717, 1.165) is 12.8 Å². The highest BCUT2D eigenvalue weighted by Crippen LogP contribution is 2.38. The van der Waals surface area contributed by atoms with Gasteiger partial charge in [-0.3, -0.25) is 4.79 Å². The summed E-state index contributed by atoms with van der Waals surface area (Å²) in [5, 5.41) is 21.1. The minimum absolute atomic E-state index is 0.0510. The fraction of sp³-hybridized carbons (Fsp3) is 0.154. The van der Waals surface area contributed by atoms with E-state index in [1.165, 1.54) is 12.1 Å². The van der Waals surface area contributed by atoms with E-state index < -0.39 is 5.97 Å². The van der Waals surface area contributed by atoms with Crippen molar-refractivity contribution in [3.63, 3.8) is 0 Å². The van der Waals surface area contributed by atoms with Gasteiger partial charge in [0.15, 0.2) is 17.3 Å². The van der Waals surface area contributed by atoms with Crippen LogP contribution in [0.2, 0.25) is 0 Å². The smallest absolute Gasteiger partial charge is 0.343 e. The van der Waals surface area contributed by atoms with Crippen LogP contribution in [-0.4, -0.2) is 22.0 Å². The molecule has 4 aromatic rings. The molecule has 3 aromatic carbocycles. The molecule has 0 aliphatic carbocycles. The Balaban J connectivity index is 1.79. The van der Waals surface area contributed by atoms with E-state index in [0.29, 0.717) is 47.0 Å². The van der Waals surface area contributed by atoms with E-state index in [9.17, 15) is 19.8 Å². The van der Waals surface area contributed by atoms with Crippen molar-refractivity contribution in [2.24, 2.45) is 0 Å². The Labute approximate surface area is 223 Å². The van der Waals surface area contributed by atoms with Crippen molar-refractivity contribution < 1.29 is 29.0 Å². The second-order valence-corrected chi connectivity index (χ2v) is 10.0. The number of furan rings is 1. The van der Waals surface area contributed by atoms with Gasteiger partial charge in [-0.2, -0.15) is 0 Å². The molecule has 8 heteroatoms. The number of esters is 1. The van der Waals surface area contributed by atoms with Crippen LogP contribution >= 0.6 is 45.2 Å². The number of phenolic OH excluding ortho intramolecular Hbond substituents is 2. The lowest BCUT2D eigenvalue weighted by Gasteiger charge is -2.08. The number of unbranched alkanes of at least 4 members (excludes halogenated alkanes) is 1. The Hall–Kier alpha value is -2.60. The van der Waals surface area contributed by atoms with Crippen molar-refractivity contribution in [2.75, 3.05) is 0 Å². The third-order valence-corrected chi connectivity index (χ3v) is 6.96. The number of ketones is 1. The van der Waals surface area contributed by atoms with Gasteiger partial charge in [0.2, 0.25) is 0 Å². The SMILES string of the molecule is CCCCc1oc2cc(OC(=O)c3ccccc3)c(O)cc2c1C(=O)c1cc(I)c(O)c(I)c1. The Kier molecular flexibility index (Phi) is 7.46. The van der Waals surface area contributed by atoms with E-state index in [-0.39, 0.29) is 23.0 Å². The lowest BCUT2D eigenvalue weighted by atomic mass is 9.98. The zero-order valence-corrected chi connectivity index (χ0v) is 22.4. The summed E-state index contributed by atoms with van der Waals surface area (Å²) < 4.78 is 12.6.